The molecule has 1 N–H and O–H groups in total. The van der Waals surface area contributed by atoms with Crippen LogP contribution in [0.3, 0.4) is 0 Å². The van der Waals surface area contributed by atoms with Crippen molar-refractivity contribution in [1.29, 1.82) is 0 Å². The van der Waals surface area contributed by atoms with Crippen LogP contribution in [0.25, 0.3) is 0 Å². The zero-order valence-corrected chi connectivity index (χ0v) is 10.3. The summed E-state index contributed by atoms with van der Waals surface area (Å²) in [7, 11) is 0.554. The first kappa shape index (κ1) is 12.6. The van der Waals surface area contributed by atoms with Crippen molar-refractivity contribution in [2.24, 2.45) is 5.92 Å². The van der Waals surface area contributed by atoms with Crippen molar-refractivity contribution in [3.05, 3.63) is 0 Å². The van der Waals surface area contributed by atoms with Crippen LogP contribution in [-0.2, 0) is 20.3 Å². The first-order chi connectivity index (χ1) is 7.06. The summed E-state index contributed by atoms with van der Waals surface area (Å²) in [6.45, 7) is 2.50. The van der Waals surface area contributed by atoms with E-state index < -0.39 is 10.8 Å². The Morgan fingerprint density at radius 2 is 2.20 bits per heavy atom. The lowest BCUT2D eigenvalue weighted by atomic mass is 10.2. The van der Waals surface area contributed by atoms with Crippen molar-refractivity contribution in [2.75, 3.05) is 19.9 Å². The lowest BCUT2D eigenvalue weighted by Gasteiger charge is -2.17. The van der Waals surface area contributed by atoms with Gasteiger partial charge in [0.2, 0.25) is 0 Å². The van der Waals surface area contributed by atoms with Crippen LogP contribution >= 0.6 is 0 Å². The van der Waals surface area contributed by atoms with Crippen LogP contribution in [-0.4, -0.2) is 41.4 Å². The van der Waals surface area contributed by atoms with Crippen molar-refractivity contribution < 1.29 is 13.7 Å². The van der Waals surface area contributed by atoms with Gasteiger partial charge >= 0.3 is 5.97 Å². The topological polar surface area (TPSA) is 55.4 Å². The first-order valence-corrected chi connectivity index (χ1v) is 6.81. The molecule has 0 aliphatic heterocycles. The summed E-state index contributed by atoms with van der Waals surface area (Å²) in [5, 5.41) is 3.21. The number of hydrogen-bond donors (Lipinski definition) is 1. The van der Waals surface area contributed by atoms with Crippen LogP contribution in [0.5, 0.6) is 0 Å². The van der Waals surface area contributed by atoms with E-state index in [4.69, 9.17) is 4.74 Å². The zero-order chi connectivity index (χ0) is 11.4. The molecule has 3 unspecified atom stereocenters. The minimum absolute atomic E-state index is 0.0657. The highest BCUT2D eigenvalue weighted by Gasteiger charge is 2.36. The lowest BCUT2D eigenvalue weighted by molar-refractivity contribution is -0.143. The van der Waals surface area contributed by atoms with Gasteiger partial charge in [0.25, 0.3) is 0 Å². The Morgan fingerprint density at radius 3 is 2.60 bits per heavy atom. The van der Waals surface area contributed by atoms with Gasteiger partial charge in [-0.1, -0.05) is 0 Å². The molecule has 3 atom stereocenters. The number of nitrogens with one attached hydrogen (secondary N) is 1. The number of rotatable bonds is 6. The second-order valence-corrected chi connectivity index (χ2v) is 5.86. The maximum Gasteiger partial charge on any atom is 0.323 e. The smallest absolute Gasteiger partial charge is 0.323 e. The van der Waals surface area contributed by atoms with Gasteiger partial charge < -0.3 is 10.1 Å². The number of hydrogen-bond acceptors (Lipinski definition) is 4. The Labute approximate surface area is 93.2 Å². The van der Waals surface area contributed by atoms with E-state index in [-0.39, 0.29) is 17.3 Å². The fraction of sp³-hybridized carbons (Fsp3) is 0.900. The summed E-state index contributed by atoms with van der Waals surface area (Å²) in [5.74, 6) is 0.210. The normalized spacial score (nSPS) is 21.8. The molecule has 0 radical (unpaired) electrons. The Kier molecular flexibility index (Phi) is 4.73. The Bertz CT molecular complexity index is 253. The number of methoxy groups -OCH3 is 1. The Morgan fingerprint density at radius 1 is 1.60 bits per heavy atom. The Balaban J connectivity index is 2.38. The van der Waals surface area contributed by atoms with E-state index in [2.05, 4.69) is 5.32 Å². The Hall–Kier alpha value is -0.420. The second-order valence-electron chi connectivity index (χ2n) is 4.06. The molecule has 5 heteroatoms. The van der Waals surface area contributed by atoms with E-state index in [9.17, 15) is 9.00 Å². The molecular weight excluding hydrogens is 214 g/mol. The van der Waals surface area contributed by atoms with Crippen molar-refractivity contribution >= 4 is 16.8 Å². The minimum atomic E-state index is -0.849. The molecule has 0 saturated heterocycles. The minimum Gasteiger partial charge on any atom is -0.468 e. The van der Waals surface area contributed by atoms with Crippen LogP contribution in [0.2, 0.25) is 0 Å². The summed E-state index contributed by atoms with van der Waals surface area (Å²) in [6.07, 6.45) is 3.84. The van der Waals surface area contributed by atoms with Gasteiger partial charge in [0.05, 0.1) is 7.11 Å². The van der Waals surface area contributed by atoms with Crippen LogP contribution < -0.4 is 5.32 Å². The fourth-order valence-electron chi connectivity index (χ4n) is 1.41. The third-order valence-electron chi connectivity index (χ3n) is 2.74. The summed E-state index contributed by atoms with van der Waals surface area (Å²) in [5.41, 5.74) is 0. The summed E-state index contributed by atoms with van der Waals surface area (Å²) < 4.78 is 15.9. The molecule has 1 rings (SSSR count). The highest BCUT2D eigenvalue weighted by Crippen LogP contribution is 2.33. The standard InChI is InChI=1S/C10H19NO3S/c1-7(15(3)13)6-11-9(8-4-5-8)10(12)14-2/h7-9,11H,4-6H2,1-3H3. The molecule has 0 spiro atoms. The van der Waals surface area contributed by atoms with Gasteiger partial charge in [-0.2, -0.15) is 0 Å². The monoisotopic (exact) mass is 233 g/mol. The van der Waals surface area contributed by atoms with Gasteiger partial charge in [0.15, 0.2) is 0 Å². The van der Waals surface area contributed by atoms with Gasteiger partial charge in [0.1, 0.15) is 6.04 Å². The SMILES string of the molecule is COC(=O)C(NCC(C)S(C)=O)C1CC1. The number of carbonyl (C=O) groups excluding carboxylic acids is 1. The number of esters is 1. The van der Waals surface area contributed by atoms with Gasteiger partial charge in [-0.05, 0) is 25.7 Å². The van der Waals surface area contributed by atoms with E-state index in [1.807, 2.05) is 6.92 Å². The predicted molar refractivity (Wildman–Crippen MR) is 60.1 cm³/mol. The maximum atomic E-state index is 11.4. The second kappa shape index (κ2) is 5.61. The van der Waals surface area contributed by atoms with E-state index in [0.29, 0.717) is 12.5 Å². The van der Waals surface area contributed by atoms with Crippen molar-refractivity contribution in [1.82, 2.24) is 5.32 Å². The largest absolute Gasteiger partial charge is 0.468 e. The quantitative estimate of drug-likeness (QED) is 0.670. The number of carbonyl (C=O) groups is 1. The van der Waals surface area contributed by atoms with E-state index >= 15 is 0 Å². The van der Waals surface area contributed by atoms with Gasteiger partial charge in [-0.3, -0.25) is 9.00 Å². The molecule has 1 aliphatic rings. The molecule has 0 bridgehead atoms. The molecule has 0 aromatic rings. The van der Waals surface area contributed by atoms with Crippen molar-refractivity contribution in [3.8, 4) is 0 Å². The van der Waals surface area contributed by atoms with Crippen LogP contribution in [0.1, 0.15) is 19.8 Å². The predicted octanol–water partition coefficient (Wildman–Crippen LogP) is 0.295. The first-order valence-electron chi connectivity index (χ1n) is 5.19. The van der Waals surface area contributed by atoms with E-state index in [1.54, 1.807) is 6.26 Å². The molecule has 4 nitrogen and oxygen atoms in total. The lowest BCUT2D eigenvalue weighted by Crippen LogP contribution is -2.43. The molecule has 1 fully saturated rings. The van der Waals surface area contributed by atoms with Crippen LogP contribution in [0.4, 0.5) is 0 Å². The third kappa shape index (κ3) is 3.91. The third-order valence-corrected chi connectivity index (χ3v) is 4.04. The van der Waals surface area contributed by atoms with Gasteiger partial charge in [0, 0.05) is 28.9 Å². The molecule has 88 valence electrons. The van der Waals surface area contributed by atoms with Crippen LogP contribution in [0, 0.1) is 5.92 Å². The van der Waals surface area contributed by atoms with Gasteiger partial charge in [-0.15, -0.1) is 0 Å². The average molecular weight is 233 g/mol. The summed E-state index contributed by atoms with van der Waals surface area (Å²) in [4.78, 5) is 11.4. The summed E-state index contributed by atoms with van der Waals surface area (Å²) in [6, 6.07) is -0.207. The molecule has 0 amide bonds. The molecule has 15 heavy (non-hydrogen) atoms. The molecule has 1 aliphatic carbocycles. The molecule has 0 heterocycles. The highest BCUT2D eigenvalue weighted by atomic mass is 32.2. The molecular formula is C10H19NO3S. The average Bonchev–Trinajstić information content (AvgIpc) is 3.01. The van der Waals surface area contributed by atoms with Crippen molar-refractivity contribution in [2.45, 2.75) is 31.1 Å². The fourth-order valence-corrected chi connectivity index (χ4v) is 1.74. The number of ether oxygens (including phenoxy) is 1. The summed E-state index contributed by atoms with van der Waals surface area (Å²) >= 11 is 0. The van der Waals surface area contributed by atoms with Gasteiger partial charge in [-0.25, -0.2) is 0 Å². The maximum absolute atomic E-state index is 11.4. The zero-order valence-electron chi connectivity index (χ0n) is 9.49. The van der Waals surface area contributed by atoms with Crippen molar-refractivity contribution in [3.63, 3.8) is 0 Å². The highest BCUT2D eigenvalue weighted by molar-refractivity contribution is 7.84. The van der Waals surface area contributed by atoms with E-state index in [0.717, 1.165) is 12.8 Å². The molecule has 1 saturated carbocycles. The molecule has 0 aromatic heterocycles. The van der Waals surface area contributed by atoms with E-state index in [1.165, 1.54) is 7.11 Å². The van der Waals surface area contributed by atoms with Crippen LogP contribution in [0.15, 0.2) is 0 Å². The molecule has 0 aromatic carbocycles.